The maximum Gasteiger partial charge on any atom is 0.226 e. The largest absolute Gasteiger partial charge is 0.310 e. The lowest BCUT2D eigenvalue weighted by Crippen LogP contribution is -2.20. The van der Waals surface area contributed by atoms with Crippen molar-refractivity contribution in [3.05, 3.63) is 129 Å². The number of rotatable bonds is 12. The van der Waals surface area contributed by atoms with Crippen molar-refractivity contribution in [1.82, 2.24) is 0 Å². The molecule has 0 fully saturated rings. The van der Waals surface area contributed by atoms with E-state index in [1.165, 1.54) is 0 Å². The van der Waals surface area contributed by atoms with E-state index in [-0.39, 0.29) is 29.3 Å². The smallest absolute Gasteiger partial charge is 0.226 e. The first kappa shape index (κ1) is 33.6. The predicted octanol–water partition coefficient (Wildman–Crippen LogP) is 9.31. The predicted molar refractivity (Wildman–Crippen MR) is 185 cm³/mol. The van der Waals surface area contributed by atoms with Crippen LogP contribution in [-0.4, -0.2) is 23.4 Å². The highest BCUT2D eigenvalue weighted by molar-refractivity contribution is 7.88. The van der Waals surface area contributed by atoms with Crippen molar-refractivity contribution in [1.29, 1.82) is 0 Å². The second kappa shape index (κ2) is 13.8. The number of hydrogen-bond acceptors (Lipinski definition) is 4. The summed E-state index contributed by atoms with van der Waals surface area (Å²) >= 11 is 0. The lowest BCUT2D eigenvalue weighted by Gasteiger charge is -2.24. The summed E-state index contributed by atoms with van der Waals surface area (Å²) in [6.45, 7) is 13.6. The Hall–Kier alpha value is -3.32. The van der Waals surface area contributed by atoms with Crippen LogP contribution in [0.2, 0.25) is 0 Å². The van der Waals surface area contributed by atoms with E-state index in [9.17, 15) is 18.7 Å². The van der Waals surface area contributed by atoms with Gasteiger partial charge in [0.15, 0.2) is 14.3 Å². The van der Waals surface area contributed by atoms with Crippen molar-refractivity contribution in [2.24, 2.45) is 5.92 Å². The highest BCUT2D eigenvalue weighted by atomic mass is 31.2. The van der Waals surface area contributed by atoms with E-state index in [4.69, 9.17) is 0 Å². The van der Waals surface area contributed by atoms with Crippen LogP contribution in [-0.2, 0) is 9.13 Å². The molecule has 4 rings (SSSR count). The average molecular weight is 627 g/mol. The maximum atomic E-state index is 14.8. The van der Waals surface area contributed by atoms with Gasteiger partial charge in [0.25, 0.3) is 0 Å². The van der Waals surface area contributed by atoms with E-state index in [1.54, 1.807) is 24.3 Å². The van der Waals surface area contributed by atoms with Gasteiger partial charge in [-0.2, -0.15) is 0 Å². The Bertz CT molecular complexity index is 1600. The van der Waals surface area contributed by atoms with Gasteiger partial charge in [0, 0.05) is 34.1 Å². The Morgan fingerprint density at radius 3 is 1.14 bits per heavy atom. The van der Waals surface area contributed by atoms with Gasteiger partial charge in [0.05, 0.1) is 0 Å². The van der Waals surface area contributed by atoms with Crippen LogP contribution in [0.4, 0.5) is 0 Å². The van der Waals surface area contributed by atoms with Crippen molar-refractivity contribution in [2.75, 3.05) is 12.3 Å². The van der Waals surface area contributed by atoms with Crippen molar-refractivity contribution in [2.45, 2.75) is 61.3 Å². The lowest BCUT2D eigenvalue weighted by molar-refractivity contribution is 0.106. The third-order valence-electron chi connectivity index (χ3n) is 8.66. The highest BCUT2D eigenvalue weighted by Gasteiger charge is 2.38. The molecule has 0 aliphatic heterocycles. The first-order valence-corrected chi connectivity index (χ1v) is 19.1. The lowest BCUT2D eigenvalue weighted by atomic mass is 10.0. The molecule has 0 heterocycles. The van der Waals surface area contributed by atoms with Gasteiger partial charge in [-0.3, -0.25) is 9.59 Å². The van der Waals surface area contributed by atoms with Crippen molar-refractivity contribution in [3.8, 4) is 0 Å². The molecule has 6 heteroatoms. The van der Waals surface area contributed by atoms with Gasteiger partial charge >= 0.3 is 0 Å². The molecule has 0 aliphatic rings. The summed E-state index contributed by atoms with van der Waals surface area (Å²) in [5.74, 6) is -0.00917. The van der Waals surface area contributed by atoms with E-state index in [0.717, 1.165) is 33.4 Å². The molecule has 0 radical (unpaired) electrons. The average Bonchev–Trinajstić information content (AvgIpc) is 2.98. The first-order chi connectivity index (χ1) is 20.8. The molecular formula is C38H44O4P2. The standard InChI is InChI=1S/C38H44O4P2/c1-26(18-20-43(41,33-14-10-8-11-15-33)37(39)35-29(4)22-27(2)23-30(35)5)19-21-44(42,34-16-12-9-13-17-34)38(40)36-31(6)24-28(3)25-32(36)7/h8-17,22-26H,18-21H2,1-7H3. The van der Waals surface area contributed by atoms with Gasteiger partial charge < -0.3 is 9.13 Å². The first-order valence-electron chi connectivity index (χ1n) is 15.3. The van der Waals surface area contributed by atoms with Crippen LogP contribution in [0.15, 0.2) is 84.9 Å². The monoisotopic (exact) mass is 626 g/mol. The van der Waals surface area contributed by atoms with E-state index in [2.05, 4.69) is 0 Å². The van der Waals surface area contributed by atoms with E-state index >= 15 is 0 Å². The minimum Gasteiger partial charge on any atom is -0.310 e. The molecule has 44 heavy (non-hydrogen) atoms. The number of carbonyl (C=O) groups excluding carboxylic acids is 2. The summed E-state index contributed by atoms with van der Waals surface area (Å²) in [7, 11) is -6.98. The van der Waals surface area contributed by atoms with Crippen molar-refractivity contribution < 1.29 is 18.7 Å². The van der Waals surface area contributed by atoms with Crippen LogP contribution in [0.1, 0.15) is 73.9 Å². The quantitative estimate of drug-likeness (QED) is 0.147. The van der Waals surface area contributed by atoms with E-state index in [0.29, 0.717) is 34.6 Å². The Balaban J connectivity index is 1.61. The van der Waals surface area contributed by atoms with Crippen LogP contribution in [0.25, 0.3) is 0 Å². The van der Waals surface area contributed by atoms with Crippen molar-refractivity contribution in [3.63, 3.8) is 0 Å². The molecule has 4 aromatic rings. The normalized spacial score (nSPS) is 14.8. The molecule has 2 unspecified atom stereocenters. The second-order valence-corrected chi connectivity index (χ2v) is 18.1. The van der Waals surface area contributed by atoms with Crippen LogP contribution in [0.5, 0.6) is 0 Å². The molecular weight excluding hydrogens is 582 g/mol. The third-order valence-corrected chi connectivity index (χ3v) is 14.5. The van der Waals surface area contributed by atoms with Gasteiger partial charge in [-0.15, -0.1) is 0 Å². The molecule has 0 bridgehead atoms. The number of aryl methyl sites for hydroxylation is 6. The summed E-state index contributed by atoms with van der Waals surface area (Å²) < 4.78 is 29.5. The zero-order chi connectivity index (χ0) is 32.2. The molecule has 230 valence electrons. The zero-order valence-corrected chi connectivity index (χ0v) is 28.8. The summed E-state index contributed by atoms with van der Waals surface area (Å²) in [5.41, 5.74) is 5.93. The maximum absolute atomic E-state index is 14.8. The van der Waals surface area contributed by atoms with Gasteiger partial charge in [0.1, 0.15) is 0 Å². The number of hydrogen-bond donors (Lipinski definition) is 0. The second-order valence-electron chi connectivity index (χ2n) is 12.4. The molecule has 0 aliphatic carbocycles. The van der Waals surface area contributed by atoms with Gasteiger partial charge in [-0.25, -0.2) is 0 Å². The molecule has 0 amide bonds. The van der Waals surface area contributed by atoms with Gasteiger partial charge in [-0.1, -0.05) is 103 Å². The minimum absolute atomic E-state index is 0.00917. The Morgan fingerprint density at radius 1 is 0.545 bits per heavy atom. The molecule has 0 aromatic heterocycles. The van der Waals surface area contributed by atoms with Crippen LogP contribution in [0.3, 0.4) is 0 Å². The van der Waals surface area contributed by atoms with Gasteiger partial charge in [0.2, 0.25) is 11.0 Å². The summed E-state index contributed by atoms with van der Waals surface area (Å²) in [4.78, 5) is 28.2. The third kappa shape index (κ3) is 6.98. The van der Waals surface area contributed by atoms with Crippen LogP contribution in [0, 0.1) is 47.5 Å². The molecule has 4 nitrogen and oxygen atoms in total. The number of carbonyl (C=O) groups is 2. The van der Waals surface area contributed by atoms with Gasteiger partial charge in [-0.05, 0) is 82.6 Å². The summed E-state index contributed by atoms with van der Waals surface area (Å²) in [6, 6.07) is 26.0. The topological polar surface area (TPSA) is 68.3 Å². The molecule has 0 saturated carbocycles. The Morgan fingerprint density at radius 2 is 0.841 bits per heavy atom. The van der Waals surface area contributed by atoms with E-state index in [1.807, 2.05) is 109 Å². The van der Waals surface area contributed by atoms with Crippen LogP contribution >= 0.6 is 14.3 Å². The fourth-order valence-corrected chi connectivity index (χ4v) is 12.1. The highest BCUT2D eigenvalue weighted by Crippen LogP contribution is 2.52. The molecule has 0 spiro atoms. The summed E-state index contributed by atoms with van der Waals surface area (Å²) in [6.07, 6.45) is 1.44. The zero-order valence-electron chi connectivity index (χ0n) is 27.0. The molecule has 4 aromatic carbocycles. The molecule has 0 N–H and O–H groups in total. The molecule has 2 atom stereocenters. The SMILES string of the molecule is Cc1cc(C)c(C(=O)P(=O)(CCC(C)CCP(=O)(C(=O)c2c(C)cc(C)cc2C)c2ccccc2)c2ccccc2)c(C)c1. The van der Waals surface area contributed by atoms with Crippen LogP contribution < -0.4 is 10.6 Å². The molecule has 0 saturated heterocycles. The Kier molecular flexibility index (Phi) is 10.5. The minimum atomic E-state index is -3.49. The Labute approximate surface area is 263 Å². The fourth-order valence-electron chi connectivity index (χ4n) is 6.38. The van der Waals surface area contributed by atoms with Crippen molar-refractivity contribution >= 4 is 35.9 Å². The number of benzene rings is 4. The summed E-state index contributed by atoms with van der Waals surface area (Å²) in [5, 5.41) is 1.12. The fraction of sp³-hybridized carbons (Fsp3) is 0.316. The van der Waals surface area contributed by atoms with E-state index < -0.39 is 14.3 Å².